The van der Waals surface area contributed by atoms with E-state index in [1.54, 1.807) is 0 Å². The van der Waals surface area contributed by atoms with Crippen LogP contribution in [0.4, 0.5) is 4.79 Å². The second-order valence-electron chi connectivity index (χ2n) is 8.69. The van der Waals surface area contributed by atoms with E-state index in [9.17, 15) is 19.5 Å². The lowest BCUT2D eigenvalue weighted by atomic mass is 9.98. The highest BCUT2D eigenvalue weighted by Crippen LogP contribution is 2.44. The van der Waals surface area contributed by atoms with Crippen LogP contribution in [0, 0.1) is 0 Å². The largest absolute Gasteiger partial charge is 0.480 e. The number of carbonyl (C=O) groups excluding carboxylic acids is 2. The lowest BCUT2D eigenvalue weighted by Crippen LogP contribution is -2.51. The fraction of sp³-hybridized carbons (Fsp3) is 0.423. The molecule has 0 saturated carbocycles. The van der Waals surface area contributed by atoms with Crippen LogP contribution in [0.3, 0.4) is 0 Å². The van der Waals surface area contributed by atoms with Gasteiger partial charge in [0.05, 0.1) is 0 Å². The highest BCUT2D eigenvalue weighted by molar-refractivity contribution is 5.89. The number of fused-ring (bicyclic) bond motifs is 3. The molecule has 1 heterocycles. The van der Waals surface area contributed by atoms with E-state index in [2.05, 4.69) is 17.4 Å². The van der Waals surface area contributed by atoms with Crippen LogP contribution < -0.4 is 5.32 Å². The van der Waals surface area contributed by atoms with Gasteiger partial charge in [-0.25, -0.2) is 9.59 Å². The lowest BCUT2D eigenvalue weighted by molar-refractivity contribution is -0.149. The Kier molecular flexibility index (Phi) is 6.96. The fourth-order valence-electron chi connectivity index (χ4n) is 4.94. The summed E-state index contributed by atoms with van der Waals surface area (Å²) in [6.45, 7) is 2.56. The summed E-state index contributed by atoms with van der Waals surface area (Å²) in [4.78, 5) is 38.7. The number of nitrogens with zero attached hydrogens (tertiary/aromatic N) is 1. The first-order valence-corrected chi connectivity index (χ1v) is 11.7. The van der Waals surface area contributed by atoms with Gasteiger partial charge >= 0.3 is 12.1 Å². The molecule has 0 spiro atoms. The smallest absolute Gasteiger partial charge is 0.407 e. The molecule has 2 aliphatic rings. The molecule has 0 aromatic heterocycles. The fourth-order valence-corrected chi connectivity index (χ4v) is 4.94. The number of rotatable bonds is 8. The molecule has 2 aromatic rings. The second-order valence-corrected chi connectivity index (χ2v) is 8.69. The predicted octanol–water partition coefficient (Wildman–Crippen LogP) is 4.16. The lowest BCUT2D eigenvalue weighted by Gasteiger charge is -2.27. The van der Waals surface area contributed by atoms with Gasteiger partial charge in [0.25, 0.3) is 0 Å². The Bertz CT molecular complexity index is 991. The molecular weight excluding hydrogens is 420 g/mol. The van der Waals surface area contributed by atoms with E-state index < -0.39 is 24.1 Å². The van der Waals surface area contributed by atoms with Crippen molar-refractivity contribution in [1.82, 2.24) is 10.2 Å². The van der Waals surface area contributed by atoms with Gasteiger partial charge in [-0.1, -0.05) is 68.3 Å². The van der Waals surface area contributed by atoms with E-state index in [0.717, 1.165) is 35.1 Å². The molecule has 4 rings (SSSR count). The number of amides is 2. The highest BCUT2D eigenvalue weighted by Gasteiger charge is 2.37. The third kappa shape index (κ3) is 4.72. The van der Waals surface area contributed by atoms with Gasteiger partial charge in [-0.3, -0.25) is 4.79 Å². The van der Waals surface area contributed by atoms with Gasteiger partial charge in [-0.2, -0.15) is 0 Å². The normalized spacial score (nSPS) is 17.8. The molecule has 1 aliphatic carbocycles. The molecular formula is C26H30N2O5. The standard InChI is InChI=1S/C26H30N2O5/c1-2-3-13-22(24(29)28-15-8-14-23(28)25(30)31)27-26(32)33-16-21-19-11-6-4-9-17(19)18-10-5-7-12-20(18)21/h4-7,9-12,21-23H,2-3,8,13-16H2,1H3,(H,27,32)(H,30,31)/t22-,23+/m0/s1. The third-order valence-electron chi connectivity index (χ3n) is 6.60. The first-order chi connectivity index (χ1) is 16.0. The van der Waals surface area contributed by atoms with Crippen molar-refractivity contribution in [3.63, 3.8) is 0 Å². The van der Waals surface area contributed by atoms with E-state index >= 15 is 0 Å². The van der Waals surface area contributed by atoms with Crippen LogP contribution >= 0.6 is 0 Å². The number of ether oxygens (including phenoxy) is 1. The van der Waals surface area contributed by atoms with Crippen LogP contribution in [0.1, 0.15) is 56.1 Å². The molecule has 7 heteroatoms. The Hall–Kier alpha value is -3.35. The SMILES string of the molecule is CCCC[C@H](NC(=O)OCC1c2ccccc2-c2ccccc21)C(=O)N1CCC[C@@H]1C(=O)O. The summed E-state index contributed by atoms with van der Waals surface area (Å²) in [6.07, 6.45) is 2.48. The molecule has 1 fully saturated rings. The predicted molar refractivity (Wildman–Crippen MR) is 124 cm³/mol. The molecule has 1 saturated heterocycles. The van der Waals surface area contributed by atoms with E-state index in [0.29, 0.717) is 25.8 Å². The van der Waals surface area contributed by atoms with Crippen molar-refractivity contribution in [2.45, 2.75) is 57.0 Å². The number of unbranched alkanes of at least 4 members (excludes halogenated alkanes) is 1. The summed E-state index contributed by atoms with van der Waals surface area (Å²) in [5, 5.41) is 12.1. The van der Waals surface area contributed by atoms with Gasteiger partial charge in [-0.05, 0) is 41.5 Å². The Morgan fingerprint density at radius 2 is 1.73 bits per heavy atom. The second kappa shape index (κ2) is 10.1. The number of benzene rings is 2. The molecule has 1 aliphatic heterocycles. The summed E-state index contributed by atoms with van der Waals surface area (Å²) < 4.78 is 5.60. The van der Waals surface area contributed by atoms with Gasteiger partial charge in [-0.15, -0.1) is 0 Å². The number of alkyl carbamates (subject to hydrolysis) is 1. The molecule has 2 aromatic carbocycles. The van der Waals surface area contributed by atoms with E-state index in [4.69, 9.17) is 4.74 Å². The quantitative estimate of drug-likeness (QED) is 0.630. The number of carboxylic acid groups (broad SMARTS) is 1. The average molecular weight is 451 g/mol. The molecule has 2 amide bonds. The Balaban J connectivity index is 1.43. The van der Waals surface area contributed by atoms with Crippen molar-refractivity contribution in [1.29, 1.82) is 0 Å². The van der Waals surface area contributed by atoms with Gasteiger partial charge in [0.2, 0.25) is 5.91 Å². The van der Waals surface area contributed by atoms with Crippen molar-refractivity contribution in [3.8, 4) is 11.1 Å². The maximum atomic E-state index is 13.1. The minimum Gasteiger partial charge on any atom is -0.480 e. The Morgan fingerprint density at radius 3 is 2.33 bits per heavy atom. The molecule has 33 heavy (non-hydrogen) atoms. The van der Waals surface area contributed by atoms with Gasteiger partial charge in [0, 0.05) is 12.5 Å². The van der Waals surface area contributed by atoms with Gasteiger partial charge in [0.15, 0.2) is 0 Å². The van der Waals surface area contributed by atoms with Crippen LogP contribution in [0.25, 0.3) is 11.1 Å². The Morgan fingerprint density at radius 1 is 1.09 bits per heavy atom. The van der Waals surface area contributed by atoms with Crippen LogP contribution in [-0.4, -0.2) is 53.2 Å². The number of carboxylic acids is 1. The zero-order chi connectivity index (χ0) is 23.4. The summed E-state index contributed by atoms with van der Waals surface area (Å²) >= 11 is 0. The average Bonchev–Trinajstić information content (AvgIpc) is 3.43. The Labute approximate surface area is 193 Å². The van der Waals surface area contributed by atoms with E-state index in [-0.39, 0.29) is 18.4 Å². The molecule has 0 bridgehead atoms. The monoisotopic (exact) mass is 450 g/mol. The zero-order valence-corrected chi connectivity index (χ0v) is 18.8. The van der Waals surface area contributed by atoms with Crippen LogP contribution in [0.2, 0.25) is 0 Å². The van der Waals surface area contributed by atoms with Crippen LogP contribution in [0.5, 0.6) is 0 Å². The van der Waals surface area contributed by atoms with Crippen molar-refractivity contribution >= 4 is 18.0 Å². The van der Waals surface area contributed by atoms with Crippen LogP contribution in [0.15, 0.2) is 48.5 Å². The van der Waals surface area contributed by atoms with Crippen molar-refractivity contribution in [3.05, 3.63) is 59.7 Å². The van der Waals surface area contributed by atoms with Gasteiger partial charge in [0.1, 0.15) is 18.7 Å². The topological polar surface area (TPSA) is 95.9 Å². The molecule has 2 N–H and O–H groups in total. The molecule has 2 atom stereocenters. The number of nitrogens with one attached hydrogen (secondary N) is 1. The number of hydrogen-bond acceptors (Lipinski definition) is 4. The summed E-state index contributed by atoms with van der Waals surface area (Å²) in [5.41, 5.74) is 4.52. The molecule has 0 unspecified atom stereocenters. The van der Waals surface area contributed by atoms with Gasteiger partial charge < -0.3 is 20.1 Å². The molecule has 7 nitrogen and oxygen atoms in total. The number of carbonyl (C=O) groups is 3. The number of likely N-dealkylation sites (tertiary alicyclic amines) is 1. The van der Waals surface area contributed by atoms with Crippen molar-refractivity contribution in [2.75, 3.05) is 13.2 Å². The zero-order valence-electron chi connectivity index (χ0n) is 18.8. The molecule has 174 valence electrons. The van der Waals surface area contributed by atoms with E-state index in [1.807, 2.05) is 43.3 Å². The van der Waals surface area contributed by atoms with Crippen molar-refractivity contribution < 1.29 is 24.2 Å². The third-order valence-corrected chi connectivity index (χ3v) is 6.60. The van der Waals surface area contributed by atoms with E-state index in [1.165, 1.54) is 4.90 Å². The number of hydrogen-bond donors (Lipinski definition) is 2. The highest BCUT2D eigenvalue weighted by atomic mass is 16.5. The molecule has 0 radical (unpaired) electrons. The number of aliphatic carboxylic acids is 1. The maximum absolute atomic E-state index is 13.1. The summed E-state index contributed by atoms with van der Waals surface area (Å²) in [7, 11) is 0. The summed E-state index contributed by atoms with van der Waals surface area (Å²) in [5.74, 6) is -1.42. The minimum absolute atomic E-state index is 0.0667. The first-order valence-electron chi connectivity index (χ1n) is 11.7. The maximum Gasteiger partial charge on any atom is 0.407 e. The first kappa shape index (κ1) is 22.8. The van der Waals surface area contributed by atoms with Crippen molar-refractivity contribution in [2.24, 2.45) is 0 Å². The minimum atomic E-state index is -1.00. The van der Waals surface area contributed by atoms with Crippen LogP contribution in [-0.2, 0) is 14.3 Å². The summed E-state index contributed by atoms with van der Waals surface area (Å²) in [6, 6.07) is 14.6.